The Morgan fingerprint density at radius 1 is 0.842 bits per heavy atom. The minimum Gasteiger partial charge on any atom is -0.398 e. The standard InChI is InChI=1S/C10H7Cl2NO4S2/c11-18(14,15)9-3-1-2-7-6(9)4-5-8(13)10(7)19(12,16)17/h1-5H,13H2. The molecular formula is C10H7Cl2NO4S2. The lowest BCUT2D eigenvalue weighted by molar-refractivity contribution is 0.608. The highest BCUT2D eigenvalue weighted by Gasteiger charge is 2.22. The molecule has 0 spiro atoms. The summed E-state index contributed by atoms with van der Waals surface area (Å²) in [7, 11) is 2.50. The van der Waals surface area contributed by atoms with Crippen LogP contribution in [0.25, 0.3) is 10.8 Å². The first-order valence-electron chi connectivity index (χ1n) is 4.83. The van der Waals surface area contributed by atoms with E-state index in [9.17, 15) is 16.8 Å². The first-order chi connectivity index (χ1) is 8.62. The molecule has 0 unspecified atom stereocenters. The largest absolute Gasteiger partial charge is 0.398 e. The Morgan fingerprint density at radius 2 is 1.47 bits per heavy atom. The lowest BCUT2D eigenvalue weighted by atomic mass is 10.1. The summed E-state index contributed by atoms with van der Waals surface area (Å²) >= 11 is 0. The molecule has 9 heteroatoms. The molecule has 2 rings (SSSR count). The highest BCUT2D eigenvalue weighted by atomic mass is 35.7. The molecule has 0 atom stereocenters. The fourth-order valence-corrected chi connectivity index (χ4v) is 4.20. The lowest BCUT2D eigenvalue weighted by Crippen LogP contribution is -2.01. The van der Waals surface area contributed by atoms with Gasteiger partial charge >= 0.3 is 0 Å². The number of anilines is 1. The zero-order chi connectivity index (χ0) is 14.4. The average molecular weight is 340 g/mol. The zero-order valence-electron chi connectivity index (χ0n) is 9.17. The van der Waals surface area contributed by atoms with Gasteiger partial charge in [0, 0.05) is 32.1 Å². The Labute approximate surface area is 118 Å². The molecule has 19 heavy (non-hydrogen) atoms. The van der Waals surface area contributed by atoms with Crippen LogP contribution in [0.4, 0.5) is 5.69 Å². The third-order valence-electron chi connectivity index (χ3n) is 2.51. The molecule has 2 N–H and O–H groups in total. The molecule has 0 heterocycles. The first-order valence-corrected chi connectivity index (χ1v) is 9.45. The molecule has 0 aromatic heterocycles. The van der Waals surface area contributed by atoms with Gasteiger partial charge in [0.25, 0.3) is 18.1 Å². The van der Waals surface area contributed by atoms with Crippen molar-refractivity contribution in [3.8, 4) is 0 Å². The van der Waals surface area contributed by atoms with Gasteiger partial charge in [-0.25, -0.2) is 16.8 Å². The minimum absolute atomic E-state index is 0.0633. The Morgan fingerprint density at radius 3 is 2.00 bits per heavy atom. The fourth-order valence-electron chi connectivity index (χ4n) is 1.80. The van der Waals surface area contributed by atoms with Gasteiger partial charge in [-0.2, -0.15) is 0 Å². The number of nitrogen functional groups attached to an aromatic ring is 1. The number of rotatable bonds is 2. The SMILES string of the molecule is Nc1ccc2c(S(=O)(=O)Cl)cccc2c1S(=O)(=O)Cl. The van der Waals surface area contributed by atoms with Crippen molar-refractivity contribution in [1.29, 1.82) is 0 Å². The molecule has 0 saturated carbocycles. The second kappa shape index (κ2) is 4.52. The minimum atomic E-state index is -4.11. The van der Waals surface area contributed by atoms with Crippen molar-refractivity contribution in [1.82, 2.24) is 0 Å². The van der Waals surface area contributed by atoms with Crippen LogP contribution in [0.15, 0.2) is 40.1 Å². The summed E-state index contributed by atoms with van der Waals surface area (Å²) in [6.45, 7) is 0. The highest BCUT2D eigenvalue weighted by Crippen LogP contribution is 2.34. The summed E-state index contributed by atoms with van der Waals surface area (Å²) in [6.07, 6.45) is 0. The van der Waals surface area contributed by atoms with E-state index < -0.39 is 18.1 Å². The van der Waals surface area contributed by atoms with Crippen molar-refractivity contribution in [2.24, 2.45) is 0 Å². The summed E-state index contributed by atoms with van der Waals surface area (Å²) in [4.78, 5) is -0.526. The zero-order valence-corrected chi connectivity index (χ0v) is 12.3. The topological polar surface area (TPSA) is 94.3 Å². The van der Waals surface area contributed by atoms with Crippen LogP contribution in [0.1, 0.15) is 0 Å². The number of hydrogen-bond donors (Lipinski definition) is 1. The quantitative estimate of drug-likeness (QED) is 0.668. The fraction of sp³-hybridized carbons (Fsp3) is 0. The number of benzene rings is 2. The summed E-state index contributed by atoms with van der Waals surface area (Å²) in [5.74, 6) is 0. The van der Waals surface area contributed by atoms with Crippen LogP contribution in [0, 0.1) is 0 Å². The van der Waals surface area contributed by atoms with E-state index in [0.717, 1.165) is 0 Å². The van der Waals surface area contributed by atoms with Gasteiger partial charge in [-0.15, -0.1) is 0 Å². The van der Waals surface area contributed by atoms with Crippen molar-refractivity contribution in [2.75, 3.05) is 5.73 Å². The normalized spacial score (nSPS) is 12.7. The van der Waals surface area contributed by atoms with Gasteiger partial charge < -0.3 is 5.73 Å². The van der Waals surface area contributed by atoms with Crippen LogP contribution in [0.5, 0.6) is 0 Å². The van der Waals surface area contributed by atoms with E-state index in [-0.39, 0.29) is 26.3 Å². The van der Waals surface area contributed by atoms with Crippen molar-refractivity contribution in [3.05, 3.63) is 30.3 Å². The van der Waals surface area contributed by atoms with Crippen LogP contribution in [0.2, 0.25) is 0 Å². The molecule has 102 valence electrons. The van der Waals surface area contributed by atoms with Crippen LogP contribution in [-0.2, 0) is 18.1 Å². The van der Waals surface area contributed by atoms with E-state index in [4.69, 9.17) is 27.1 Å². The van der Waals surface area contributed by atoms with Crippen LogP contribution in [-0.4, -0.2) is 16.8 Å². The lowest BCUT2D eigenvalue weighted by Gasteiger charge is -2.09. The van der Waals surface area contributed by atoms with Crippen molar-refractivity contribution < 1.29 is 16.8 Å². The van der Waals surface area contributed by atoms with E-state index in [1.54, 1.807) is 0 Å². The number of hydrogen-bond acceptors (Lipinski definition) is 5. The van der Waals surface area contributed by atoms with Gasteiger partial charge in [0.15, 0.2) is 0 Å². The Hall–Kier alpha value is -1.02. The van der Waals surface area contributed by atoms with Crippen LogP contribution in [0.3, 0.4) is 0 Å². The van der Waals surface area contributed by atoms with E-state index in [0.29, 0.717) is 0 Å². The smallest absolute Gasteiger partial charge is 0.263 e. The predicted octanol–water partition coefficient (Wildman–Crippen LogP) is 2.28. The number of fused-ring (bicyclic) bond motifs is 1. The van der Waals surface area contributed by atoms with E-state index in [2.05, 4.69) is 0 Å². The Bertz CT molecular complexity index is 876. The molecule has 0 radical (unpaired) electrons. The Balaban J connectivity index is 3.07. The third-order valence-corrected chi connectivity index (χ3v) is 5.30. The number of nitrogens with two attached hydrogens (primary N) is 1. The van der Waals surface area contributed by atoms with E-state index in [1.165, 1.54) is 30.3 Å². The molecule has 0 aliphatic heterocycles. The molecule has 0 fully saturated rings. The third kappa shape index (κ3) is 2.64. The molecule has 0 saturated heterocycles. The molecule has 0 aliphatic rings. The summed E-state index contributed by atoms with van der Waals surface area (Å²) < 4.78 is 46.0. The van der Waals surface area contributed by atoms with E-state index >= 15 is 0 Å². The van der Waals surface area contributed by atoms with Gasteiger partial charge in [0.1, 0.15) is 4.90 Å². The van der Waals surface area contributed by atoms with Gasteiger partial charge in [0.2, 0.25) is 0 Å². The molecule has 2 aromatic rings. The maximum absolute atomic E-state index is 11.5. The van der Waals surface area contributed by atoms with Gasteiger partial charge in [-0.1, -0.05) is 18.2 Å². The second-order valence-corrected chi connectivity index (χ2v) is 8.75. The molecule has 2 aromatic carbocycles. The van der Waals surface area contributed by atoms with Crippen molar-refractivity contribution >= 4 is 55.9 Å². The highest BCUT2D eigenvalue weighted by molar-refractivity contribution is 8.14. The molecular weight excluding hydrogens is 333 g/mol. The maximum atomic E-state index is 11.5. The average Bonchev–Trinajstić information content (AvgIpc) is 2.24. The van der Waals surface area contributed by atoms with Crippen LogP contribution >= 0.6 is 21.4 Å². The summed E-state index contributed by atoms with van der Waals surface area (Å²) in [5.41, 5.74) is 5.52. The first kappa shape index (κ1) is 14.4. The summed E-state index contributed by atoms with van der Waals surface area (Å²) in [6, 6.07) is 6.69. The van der Waals surface area contributed by atoms with Crippen molar-refractivity contribution in [2.45, 2.75) is 9.79 Å². The maximum Gasteiger partial charge on any atom is 0.263 e. The van der Waals surface area contributed by atoms with Crippen LogP contribution < -0.4 is 5.73 Å². The predicted molar refractivity (Wildman–Crippen MR) is 74.4 cm³/mol. The van der Waals surface area contributed by atoms with E-state index in [1.807, 2.05) is 0 Å². The van der Waals surface area contributed by atoms with Gasteiger partial charge in [-0.05, 0) is 12.1 Å². The van der Waals surface area contributed by atoms with Crippen molar-refractivity contribution in [3.63, 3.8) is 0 Å². The summed E-state index contributed by atoms with van der Waals surface area (Å²) in [5, 5.41) is 0.252. The molecule has 5 nitrogen and oxygen atoms in total. The Kier molecular flexibility index (Phi) is 3.42. The molecule has 0 bridgehead atoms. The second-order valence-electron chi connectivity index (χ2n) is 3.71. The molecule has 0 amide bonds. The van der Waals surface area contributed by atoms with Gasteiger partial charge in [-0.3, -0.25) is 0 Å². The van der Waals surface area contributed by atoms with Gasteiger partial charge in [0.05, 0.1) is 10.6 Å². The number of halogens is 2. The molecule has 0 aliphatic carbocycles. The monoisotopic (exact) mass is 339 g/mol.